The van der Waals surface area contributed by atoms with Crippen LogP contribution in [0, 0.1) is 0 Å². The molecule has 0 bridgehead atoms. The van der Waals surface area contributed by atoms with Crippen LogP contribution in [0.3, 0.4) is 0 Å². The van der Waals surface area contributed by atoms with Gasteiger partial charge in [0, 0.05) is 19.8 Å². The van der Waals surface area contributed by atoms with Gasteiger partial charge in [-0.05, 0) is 32.5 Å². The third kappa shape index (κ3) is 5.35. The van der Waals surface area contributed by atoms with Gasteiger partial charge in [0.05, 0.1) is 12.8 Å². The minimum absolute atomic E-state index is 0.153. The normalized spacial score (nSPS) is 11.6. The Bertz CT molecular complexity index is 268. The van der Waals surface area contributed by atoms with Gasteiger partial charge < -0.3 is 13.9 Å². The molecular weight excluding hydrogens is 218 g/mol. The van der Waals surface area contributed by atoms with Crippen LogP contribution in [0.5, 0.6) is 0 Å². The van der Waals surface area contributed by atoms with Crippen LogP contribution in [-0.2, 0) is 16.0 Å². The van der Waals surface area contributed by atoms with Crippen molar-refractivity contribution in [3.05, 3.63) is 24.2 Å². The lowest BCUT2D eigenvalue weighted by Gasteiger charge is -2.25. The molecule has 0 aliphatic heterocycles. The Balaban J connectivity index is 2.43. The predicted octanol–water partition coefficient (Wildman–Crippen LogP) is 2.50. The van der Waals surface area contributed by atoms with Gasteiger partial charge in [0.25, 0.3) is 0 Å². The van der Waals surface area contributed by atoms with Crippen LogP contribution >= 0.6 is 0 Å². The van der Waals surface area contributed by atoms with Crippen LogP contribution in [-0.4, -0.2) is 37.5 Å². The number of furan rings is 1. The van der Waals surface area contributed by atoms with Crippen molar-refractivity contribution < 1.29 is 13.9 Å². The maximum atomic E-state index is 5.54. The lowest BCUT2D eigenvalue weighted by Crippen LogP contribution is -2.35. The van der Waals surface area contributed by atoms with E-state index in [1.54, 1.807) is 6.26 Å². The highest BCUT2D eigenvalue weighted by atomic mass is 16.7. The number of hydrogen-bond acceptors (Lipinski definition) is 4. The second kappa shape index (κ2) is 8.28. The Kier molecular flexibility index (Phi) is 6.93. The van der Waals surface area contributed by atoms with E-state index in [1.807, 2.05) is 26.0 Å². The first kappa shape index (κ1) is 14.2. The third-order valence-electron chi connectivity index (χ3n) is 2.52. The minimum Gasteiger partial charge on any atom is -0.468 e. The molecule has 0 unspecified atom stereocenters. The number of nitrogens with zero attached hydrogens (tertiary/aromatic N) is 1. The maximum Gasteiger partial charge on any atom is 0.170 e. The summed E-state index contributed by atoms with van der Waals surface area (Å²) in [5.41, 5.74) is 0. The molecule has 0 radical (unpaired) electrons. The van der Waals surface area contributed by atoms with E-state index in [0.29, 0.717) is 13.2 Å². The number of rotatable bonds is 9. The molecule has 0 aromatic carbocycles. The highest BCUT2D eigenvalue weighted by molar-refractivity contribution is 4.97. The van der Waals surface area contributed by atoms with Crippen molar-refractivity contribution in [3.63, 3.8) is 0 Å². The van der Waals surface area contributed by atoms with E-state index in [-0.39, 0.29) is 6.29 Å². The summed E-state index contributed by atoms with van der Waals surface area (Å²) in [6, 6.07) is 3.89. The van der Waals surface area contributed by atoms with Crippen molar-refractivity contribution in [2.45, 2.75) is 33.6 Å². The van der Waals surface area contributed by atoms with E-state index in [9.17, 15) is 0 Å². The van der Waals surface area contributed by atoms with Gasteiger partial charge in [-0.1, -0.05) is 6.92 Å². The van der Waals surface area contributed by atoms with E-state index in [4.69, 9.17) is 13.9 Å². The monoisotopic (exact) mass is 241 g/mol. The quantitative estimate of drug-likeness (QED) is 0.622. The smallest absolute Gasteiger partial charge is 0.170 e. The van der Waals surface area contributed by atoms with Crippen molar-refractivity contribution in [1.29, 1.82) is 0 Å². The van der Waals surface area contributed by atoms with Gasteiger partial charge in [-0.3, -0.25) is 4.90 Å². The molecule has 0 aliphatic carbocycles. The van der Waals surface area contributed by atoms with Crippen molar-refractivity contribution in [1.82, 2.24) is 4.90 Å². The molecule has 1 heterocycles. The fraction of sp³-hybridized carbons (Fsp3) is 0.692. The molecule has 0 N–H and O–H groups in total. The molecule has 0 atom stereocenters. The van der Waals surface area contributed by atoms with Crippen LogP contribution in [0.1, 0.15) is 26.5 Å². The predicted molar refractivity (Wildman–Crippen MR) is 66.7 cm³/mol. The van der Waals surface area contributed by atoms with Crippen LogP contribution < -0.4 is 0 Å². The molecule has 0 spiro atoms. The summed E-state index contributed by atoms with van der Waals surface area (Å²) >= 11 is 0. The fourth-order valence-electron chi connectivity index (χ4n) is 1.66. The van der Waals surface area contributed by atoms with Gasteiger partial charge in [0.15, 0.2) is 6.29 Å². The lowest BCUT2D eigenvalue weighted by atomic mass is 10.4. The molecule has 0 amide bonds. The number of ether oxygens (including phenoxy) is 2. The fourth-order valence-corrected chi connectivity index (χ4v) is 1.66. The molecule has 0 fully saturated rings. The average molecular weight is 241 g/mol. The number of likely N-dealkylation sites (N-methyl/N-ethyl adjacent to an activating group) is 1. The molecular formula is C13H23NO3. The Hall–Kier alpha value is -0.840. The zero-order chi connectivity index (χ0) is 12.5. The molecule has 98 valence electrons. The van der Waals surface area contributed by atoms with E-state index < -0.39 is 0 Å². The summed E-state index contributed by atoms with van der Waals surface area (Å²) in [4.78, 5) is 2.24. The van der Waals surface area contributed by atoms with Gasteiger partial charge in [0.1, 0.15) is 5.76 Å². The first-order chi connectivity index (χ1) is 8.30. The van der Waals surface area contributed by atoms with E-state index in [0.717, 1.165) is 25.4 Å². The molecule has 4 heteroatoms. The largest absolute Gasteiger partial charge is 0.468 e. The lowest BCUT2D eigenvalue weighted by molar-refractivity contribution is -0.147. The Morgan fingerprint density at radius 2 is 1.94 bits per heavy atom. The molecule has 1 rings (SSSR count). The van der Waals surface area contributed by atoms with Gasteiger partial charge >= 0.3 is 0 Å². The van der Waals surface area contributed by atoms with Crippen LogP contribution in [0.15, 0.2) is 22.8 Å². The zero-order valence-electron chi connectivity index (χ0n) is 11.0. The topological polar surface area (TPSA) is 34.8 Å². The summed E-state index contributed by atoms with van der Waals surface area (Å²) < 4.78 is 16.4. The molecule has 4 nitrogen and oxygen atoms in total. The first-order valence-electron chi connectivity index (χ1n) is 6.28. The summed E-state index contributed by atoms with van der Waals surface area (Å²) in [6.45, 7) is 9.92. The second-order valence-electron chi connectivity index (χ2n) is 3.75. The summed E-state index contributed by atoms with van der Waals surface area (Å²) in [6.07, 6.45) is 1.55. The van der Waals surface area contributed by atoms with Gasteiger partial charge in [-0.15, -0.1) is 0 Å². The van der Waals surface area contributed by atoms with Gasteiger partial charge in [0.2, 0.25) is 0 Å². The average Bonchev–Trinajstić information content (AvgIpc) is 2.81. The van der Waals surface area contributed by atoms with Crippen LogP contribution in [0.4, 0.5) is 0 Å². The van der Waals surface area contributed by atoms with Gasteiger partial charge in [-0.2, -0.15) is 0 Å². The van der Waals surface area contributed by atoms with Crippen molar-refractivity contribution in [2.75, 3.05) is 26.3 Å². The van der Waals surface area contributed by atoms with E-state index >= 15 is 0 Å². The van der Waals surface area contributed by atoms with E-state index in [2.05, 4.69) is 11.8 Å². The highest BCUT2D eigenvalue weighted by Gasteiger charge is 2.14. The second-order valence-corrected chi connectivity index (χ2v) is 3.75. The molecule has 0 saturated heterocycles. The summed E-state index contributed by atoms with van der Waals surface area (Å²) in [5.74, 6) is 0.971. The Morgan fingerprint density at radius 3 is 2.41 bits per heavy atom. The summed E-state index contributed by atoms with van der Waals surface area (Å²) in [7, 11) is 0. The zero-order valence-corrected chi connectivity index (χ0v) is 11.0. The van der Waals surface area contributed by atoms with Gasteiger partial charge in [-0.25, -0.2) is 0 Å². The van der Waals surface area contributed by atoms with Crippen molar-refractivity contribution in [2.24, 2.45) is 0 Å². The van der Waals surface area contributed by atoms with Crippen molar-refractivity contribution >= 4 is 0 Å². The minimum atomic E-state index is -0.153. The van der Waals surface area contributed by atoms with Crippen LogP contribution in [0.25, 0.3) is 0 Å². The SMILES string of the molecule is CCOC(CN(CC)Cc1ccco1)OCC. The summed E-state index contributed by atoms with van der Waals surface area (Å²) in [5, 5.41) is 0. The molecule has 0 saturated carbocycles. The maximum absolute atomic E-state index is 5.54. The molecule has 17 heavy (non-hydrogen) atoms. The van der Waals surface area contributed by atoms with E-state index in [1.165, 1.54) is 0 Å². The Morgan fingerprint density at radius 1 is 1.24 bits per heavy atom. The third-order valence-corrected chi connectivity index (χ3v) is 2.52. The Labute approximate surface area is 103 Å². The standard InChI is InChI=1S/C13H23NO3/c1-4-14(10-12-8-7-9-17-12)11-13(15-5-2)16-6-3/h7-9,13H,4-6,10-11H2,1-3H3. The van der Waals surface area contributed by atoms with Crippen LogP contribution in [0.2, 0.25) is 0 Å². The molecule has 0 aliphatic rings. The first-order valence-corrected chi connectivity index (χ1v) is 6.28. The molecule has 1 aromatic rings. The number of hydrogen-bond donors (Lipinski definition) is 0. The molecule has 1 aromatic heterocycles. The highest BCUT2D eigenvalue weighted by Crippen LogP contribution is 2.07. The van der Waals surface area contributed by atoms with Crippen molar-refractivity contribution in [3.8, 4) is 0 Å².